The van der Waals surface area contributed by atoms with Gasteiger partial charge in [-0.3, -0.25) is 0 Å². The minimum Gasteiger partial charge on any atom is -0.393 e. The average molecular weight is 708 g/mol. The van der Waals surface area contributed by atoms with Crippen molar-refractivity contribution in [3.63, 3.8) is 0 Å². The molecule has 0 amide bonds. The van der Waals surface area contributed by atoms with Crippen LogP contribution in [0.3, 0.4) is 0 Å². The summed E-state index contributed by atoms with van der Waals surface area (Å²) in [6.45, 7) is 8.22. The molecule has 0 aromatic heterocycles. The minimum atomic E-state index is -0.440. The summed E-state index contributed by atoms with van der Waals surface area (Å²) in [7, 11) is 0. The van der Waals surface area contributed by atoms with Crippen LogP contribution in [-0.2, 0) is 4.74 Å². The molecule has 284 valence electrons. The van der Waals surface area contributed by atoms with E-state index in [0.717, 1.165) is 38.5 Å². The van der Waals surface area contributed by atoms with Crippen LogP contribution in [-0.4, -0.2) is 45.4 Å². The lowest BCUT2D eigenvalue weighted by atomic mass is 10.00. The van der Waals surface area contributed by atoms with Crippen LogP contribution >= 0.6 is 23.2 Å². The maximum atomic E-state index is 10.2. The van der Waals surface area contributed by atoms with Gasteiger partial charge in [0.25, 0.3) is 0 Å². The summed E-state index contributed by atoms with van der Waals surface area (Å²) in [6, 6.07) is 0. The molecule has 2 N–H and O–H groups in total. The molecule has 0 aromatic carbocycles. The fourth-order valence-electron chi connectivity index (χ4n) is 7.02. The number of hydrogen-bond donors (Lipinski definition) is 2. The summed E-state index contributed by atoms with van der Waals surface area (Å²) >= 11 is 13.7. The molecule has 0 rings (SSSR count). The maximum absolute atomic E-state index is 10.2. The van der Waals surface area contributed by atoms with Gasteiger partial charge in [0.1, 0.15) is 0 Å². The number of unbranched alkanes of at least 4 members (excludes halogenated alkanes) is 24. The first kappa shape index (κ1) is 47.5. The molecule has 6 unspecified atom stereocenters. The Morgan fingerprint density at radius 3 is 0.851 bits per heavy atom. The van der Waals surface area contributed by atoms with Gasteiger partial charge in [0, 0.05) is 10.8 Å². The van der Waals surface area contributed by atoms with Gasteiger partial charge < -0.3 is 14.9 Å². The van der Waals surface area contributed by atoms with E-state index in [9.17, 15) is 10.2 Å². The predicted molar refractivity (Wildman–Crippen MR) is 210 cm³/mol. The quantitative estimate of drug-likeness (QED) is 0.0496. The van der Waals surface area contributed by atoms with Crippen LogP contribution in [0.15, 0.2) is 0 Å². The van der Waals surface area contributed by atoms with Crippen LogP contribution < -0.4 is 0 Å². The van der Waals surface area contributed by atoms with E-state index >= 15 is 0 Å². The lowest BCUT2D eigenvalue weighted by molar-refractivity contribution is -0.0574. The molecule has 0 aliphatic heterocycles. The number of halogens is 2. The third-order valence-corrected chi connectivity index (χ3v) is 10.7. The molecule has 47 heavy (non-hydrogen) atoms. The third kappa shape index (κ3) is 36.1. The molecule has 0 aromatic rings. The molecule has 5 heteroatoms. The van der Waals surface area contributed by atoms with Crippen molar-refractivity contribution in [1.29, 1.82) is 0 Å². The lowest BCUT2D eigenvalue weighted by Crippen LogP contribution is -2.31. The summed E-state index contributed by atoms with van der Waals surface area (Å²) in [5.41, 5.74) is 0. The highest BCUT2D eigenvalue weighted by molar-refractivity contribution is 6.20. The number of aliphatic hydroxyl groups is 2. The van der Waals surface area contributed by atoms with Gasteiger partial charge in [-0.05, 0) is 52.4 Å². The lowest BCUT2D eigenvalue weighted by Gasteiger charge is -2.29. The molecule has 6 atom stereocenters. The van der Waals surface area contributed by atoms with Gasteiger partial charge in [0.05, 0.1) is 24.4 Å². The summed E-state index contributed by atoms with van der Waals surface area (Å²) in [5.74, 6) is 0. The molecule has 0 saturated heterocycles. The minimum absolute atomic E-state index is 0.0521. The molecule has 0 bridgehead atoms. The fraction of sp³-hybridized carbons (Fsp3) is 1.00. The second-order valence-electron chi connectivity index (χ2n) is 15.3. The Hall–Kier alpha value is 0.460. The number of aliphatic hydroxyl groups excluding tert-OH is 2. The maximum Gasteiger partial charge on any atom is 0.0617 e. The largest absolute Gasteiger partial charge is 0.393 e. The summed E-state index contributed by atoms with van der Waals surface area (Å²) < 4.78 is 6.56. The van der Waals surface area contributed by atoms with Crippen molar-refractivity contribution in [2.75, 3.05) is 0 Å². The van der Waals surface area contributed by atoms with E-state index in [1.54, 1.807) is 0 Å². The highest BCUT2D eigenvalue weighted by Crippen LogP contribution is 2.26. The zero-order valence-corrected chi connectivity index (χ0v) is 33.7. The zero-order chi connectivity index (χ0) is 34.8. The Bertz CT molecular complexity index is 552. The first-order chi connectivity index (χ1) is 22.8. The molecule has 3 nitrogen and oxygen atoms in total. The number of ether oxygens (including phenoxy) is 1. The van der Waals surface area contributed by atoms with Crippen molar-refractivity contribution < 1.29 is 14.9 Å². The van der Waals surface area contributed by atoms with E-state index in [1.807, 2.05) is 13.8 Å². The molecule has 0 heterocycles. The van der Waals surface area contributed by atoms with Gasteiger partial charge in [0.2, 0.25) is 0 Å². The second kappa shape index (κ2) is 36.3. The Morgan fingerprint density at radius 2 is 0.617 bits per heavy atom. The first-order valence-electron chi connectivity index (χ1n) is 21.1. The zero-order valence-electron chi connectivity index (χ0n) is 32.2. The smallest absolute Gasteiger partial charge is 0.0617 e. The SMILES string of the molecule is CCCCCCCCCCCCCCCC(Cl)CC(CC(C)O)OC(CC(C)O)CC(Cl)CCCCCCCCCCCCCCC. The van der Waals surface area contributed by atoms with Crippen molar-refractivity contribution in [2.24, 2.45) is 0 Å². The Kier molecular flexibility index (Phi) is 36.6. The monoisotopic (exact) mass is 707 g/mol. The molecule has 0 aliphatic rings. The molecule has 0 spiro atoms. The Balaban J connectivity index is 4.20. The van der Waals surface area contributed by atoms with Crippen molar-refractivity contribution in [2.45, 2.75) is 268 Å². The molecular weight excluding hydrogens is 623 g/mol. The van der Waals surface area contributed by atoms with Gasteiger partial charge >= 0.3 is 0 Å². The highest BCUT2D eigenvalue weighted by Gasteiger charge is 2.24. The van der Waals surface area contributed by atoms with Gasteiger partial charge in [0.15, 0.2) is 0 Å². The van der Waals surface area contributed by atoms with Crippen LogP contribution in [0.4, 0.5) is 0 Å². The van der Waals surface area contributed by atoms with Gasteiger partial charge in [-0.2, -0.15) is 0 Å². The van der Waals surface area contributed by atoms with Gasteiger partial charge in [-0.1, -0.05) is 181 Å². The van der Waals surface area contributed by atoms with Crippen LogP contribution in [0.2, 0.25) is 0 Å². The van der Waals surface area contributed by atoms with E-state index < -0.39 is 12.2 Å². The van der Waals surface area contributed by atoms with Gasteiger partial charge in [-0.15, -0.1) is 23.2 Å². The predicted octanol–water partition coefficient (Wildman–Crippen LogP) is 14.2. The van der Waals surface area contributed by atoms with E-state index in [0.29, 0.717) is 12.8 Å². The van der Waals surface area contributed by atoms with Crippen LogP contribution in [0.1, 0.15) is 233 Å². The number of alkyl halides is 2. The standard InChI is InChI=1S/C42H84Cl2O3/c1-5-7-9-11-13-15-17-19-21-23-25-27-29-31-39(43)35-41(33-37(3)45)47-42(34-38(4)46)36-40(44)32-30-28-26-24-22-20-18-16-14-12-10-8-6-2/h37-42,45-46H,5-36H2,1-4H3. The topological polar surface area (TPSA) is 49.7 Å². The normalized spacial score (nSPS) is 15.8. The van der Waals surface area contributed by atoms with E-state index in [-0.39, 0.29) is 23.0 Å². The van der Waals surface area contributed by atoms with E-state index in [4.69, 9.17) is 27.9 Å². The first-order valence-corrected chi connectivity index (χ1v) is 21.9. The van der Waals surface area contributed by atoms with Crippen molar-refractivity contribution in [3.05, 3.63) is 0 Å². The molecule has 0 saturated carbocycles. The number of hydrogen-bond acceptors (Lipinski definition) is 3. The highest BCUT2D eigenvalue weighted by atomic mass is 35.5. The van der Waals surface area contributed by atoms with Gasteiger partial charge in [-0.25, -0.2) is 0 Å². The van der Waals surface area contributed by atoms with Crippen LogP contribution in [0, 0.1) is 0 Å². The molecule has 0 fully saturated rings. The Labute approximate surface area is 305 Å². The van der Waals surface area contributed by atoms with Crippen molar-refractivity contribution >= 4 is 23.2 Å². The summed E-state index contributed by atoms with van der Waals surface area (Å²) in [4.78, 5) is 0. The van der Waals surface area contributed by atoms with Crippen molar-refractivity contribution in [3.8, 4) is 0 Å². The average Bonchev–Trinajstić information content (AvgIpc) is 3.01. The molecular formula is C42H84Cl2O3. The number of rotatable bonds is 38. The van der Waals surface area contributed by atoms with Crippen LogP contribution in [0.5, 0.6) is 0 Å². The Morgan fingerprint density at radius 1 is 0.383 bits per heavy atom. The molecule has 0 radical (unpaired) electrons. The summed E-state index contributed by atoms with van der Waals surface area (Å²) in [5, 5.41) is 20.5. The molecule has 0 aliphatic carbocycles. The fourth-order valence-corrected chi connectivity index (χ4v) is 7.73. The van der Waals surface area contributed by atoms with Crippen molar-refractivity contribution in [1.82, 2.24) is 0 Å². The van der Waals surface area contributed by atoms with E-state index in [2.05, 4.69) is 13.8 Å². The second-order valence-corrected chi connectivity index (χ2v) is 16.5. The summed E-state index contributed by atoms with van der Waals surface area (Å²) in [6.07, 6.45) is 38.8. The third-order valence-electron chi connectivity index (χ3n) is 9.87. The van der Waals surface area contributed by atoms with Crippen LogP contribution in [0.25, 0.3) is 0 Å². The van der Waals surface area contributed by atoms with E-state index in [1.165, 1.54) is 154 Å².